The Morgan fingerprint density at radius 2 is 1.83 bits per heavy atom. The molecule has 24 heavy (non-hydrogen) atoms. The van der Waals surface area contributed by atoms with Crippen LogP contribution in [0.15, 0.2) is 42.5 Å². The fourth-order valence-corrected chi connectivity index (χ4v) is 2.03. The molecule has 4 N–H and O–H groups in total. The van der Waals surface area contributed by atoms with Crippen LogP contribution in [0.5, 0.6) is 0 Å². The van der Waals surface area contributed by atoms with Gasteiger partial charge in [0.25, 0.3) is 11.6 Å². The number of carbonyl (C=O) groups is 2. The summed E-state index contributed by atoms with van der Waals surface area (Å²) < 4.78 is 0. The zero-order valence-electron chi connectivity index (χ0n) is 12.9. The smallest absolute Gasteiger partial charge is 0.292 e. The molecule has 8 heteroatoms. The van der Waals surface area contributed by atoms with Gasteiger partial charge in [-0.1, -0.05) is 12.1 Å². The number of likely N-dealkylation sites (N-methyl/N-ethyl adjacent to an activating group) is 1. The molecule has 0 spiro atoms. The van der Waals surface area contributed by atoms with E-state index in [0.29, 0.717) is 5.69 Å². The first kappa shape index (κ1) is 16.9. The molecule has 0 aliphatic heterocycles. The van der Waals surface area contributed by atoms with Crippen molar-refractivity contribution < 1.29 is 14.5 Å². The molecule has 124 valence electrons. The van der Waals surface area contributed by atoms with Crippen LogP contribution in [-0.4, -0.2) is 23.8 Å². The van der Waals surface area contributed by atoms with Crippen LogP contribution in [0.1, 0.15) is 15.9 Å². The predicted molar refractivity (Wildman–Crippen MR) is 89.7 cm³/mol. The first-order chi connectivity index (χ1) is 11.4. The van der Waals surface area contributed by atoms with E-state index in [1.54, 1.807) is 31.3 Å². The summed E-state index contributed by atoms with van der Waals surface area (Å²) in [4.78, 5) is 33.7. The number of nitrogens with one attached hydrogen (secondary N) is 2. The standard InChI is InChI=1S/C16H16N4O4/c1-18-15(21)8-10-2-5-12(6-3-10)19-16(22)11-4-7-13(17)14(9-11)20(23)24/h2-7,9H,8,17H2,1H3,(H,18,21)(H,19,22). The Bertz CT molecular complexity index is 787. The highest BCUT2D eigenvalue weighted by Crippen LogP contribution is 2.23. The summed E-state index contributed by atoms with van der Waals surface area (Å²) in [5.41, 5.74) is 6.63. The average Bonchev–Trinajstić information content (AvgIpc) is 2.56. The van der Waals surface area contributed by atoms with Crippen molar-refractivity contribution in [3.8, 4) is 0 Å². The molecule has 0 heterocycles. The van der Waals surface area contributed by atoms with E-state index < -0.39 is 10.8 Å². The Morgan fingerprint density at radius 3 is 2.42 bits per heavy atom. The van der Waals surface area contributed by atoms with Crippen molar-refractivity contribution in [3.05, 3.63) is 63.7 Å². The molecular formula is C16H16N4O4. The van der Waals surface area contributed by atoms with Crippen molar-refractivity contribution in [3.63, 3.8) is 0 Å². The summed E-state index contributed by atoms with van der Waals surface area (Å²) in [6.07, 6.45) is 0.245. The molecule has 0 bridgehead atoms. The minimum atomic E-state index is -0.639. The van der Waals surface area contributed by atoms with Crippen LogP contribution in [0, 0.1) is 10.1 Å². The monoisotopic (exact) mass is 328 g/mol. The van der Waals surface area contributed by atoms with Crippen molar-refractivity contribution in [2.24, 2.45) is 0 Å². The predicted octanol–water partition coefficient (Wildman–Crippen LogP) is 1.72. The van der Waals surface area contributed by atoms with Crippen molar-refractivity contribution >= 4 is 28.9 Å². The van der Waals surface area contributed by atoms with Gasteiger partial charge in [-0.3, -0.25) is 19.7 Å². The molecule has 0 aromatic heterocycles. The van der Waals surface area contributed by atoms with E-state index in [1.165, 1.54) is 12.1 Å². The lowest BCUT2D eigenvalue weighted by Crippen LogP contribution is -2.19. The minimum absolute atomic E-state index is 0.00453. The number of nitro groups is 1. The zero-order valence-corrected chi connectivity index (χ0v) is 12.9. The van der Waals surface area contributed by atoms with Gasteiger partial charge in [0, 0.05) is 24.4 Å². The second kappa shape index (κ2) is 7.23. The second-order valence-corrected chi connectivity index (χ2v) is 5.03. The third-order valence-electron chi connectivity index (χ3n) is 3.34. The fraction of sp³-hybridized carbons (Fsp3) is 0.125. The van der Waals surface area contributed by atoms with E-state index in [9.17, 15) is 19.7 Å². The van der Waals surface area contributed by atoms with Crippen molar-refractivity contribution in [1.82, 2.24) is 5.32 Å². The van der Waals surface area contributed by atoms with E-state index in [0.717, 1.165) is 11.6 Å². The van der Waals surface area contributed by atoms with E-state index in [-0.39, 0.29) is 29.3 Å². The molecule has 0 fully saturated rings. The molecule has 0 aliphatic rings. The summed E-state index contributed by atoms with van der Waals surface area (Å²) in [7, 11) is 1.56. The van der Waals surface area contributed by atoms with Gasteiger partial charge in [-0.2, -0.15) is 0 Å². The van der Waals surface area contributed by atoms with Crippen molar-refractivity contribution in [2.75, 3.05) is 18.1 Å². The quantitative estimate of drug-likeness (QED) is 0.437. The number of nitrogens with two attached hydrogens (primary N) is 1. The van der Waals surface area contributed by atoms with Crippen molar-refractivity contribution in [2.45, 2.75) is 6.42 Å². The number of carbonyl (C=O) groups excluding carboxylic acids is 2. The van der Waals surface area contributed by atoms with E-state index >= 15 is 0 Å². The highest BCUT2D eigenvalue weighted by molar-refractivity contribution is 6.05. The highest BCUT2D eigenvalue weighted by Gasteiger charge is 2.15. The number of nitro benzene ring substituents is 1. The Balaban J connectivity index is 2.11. The van der Waals surface area contributed by atoms with Gasteiger partial charge in [-0.25, -0.2) is 0 Å². The number of rotatable bonds is 5. The van der Waals surface area contributed by atoms with Gasteiger partial charge in [-0.15, -0.1) is 0 Å². The van der Waals surface area contributed by atoms with Crippen LogP contribution in [0.4, 0.5) is 17.1 Å². The number of nitrogen functional groups attached to an aromatic ring is 1. The number of hydrogen-bond donors (Lipinski definition) is 3. The van der Waals surface area contributed by atoms with Crippen LogP contribution in [0.25, 0.3) is 0 Å². The molecule has 0 radical (unpaired) electrons. The molecule has 2 aromatic carbocycles. The number of amides is 2. The van der Waals surface area contributed by atoms with Gasteiger partial charge in [0.2, 0.25) is 5.91 Å². The van der Waals surface area contributed by atoms with Gasteiger partial charge >= 0.3 is 0 Å². The van der Waals surface area contributed by atoms with Crippen LogP contribution in [0.3, 0.4) is 0 Å². The Hall–Kier alpha value is -3.42. The lowest BCUT2D eigenvalue weighted by molar-refractivity contribution is -0.383. The molecule has 0 saturated heterocycles. The molecular weight excluding hydrogens is 312 g/mol. The average molecular weight is 328 g/mol. The molecule has 0 aliphatic carbocycles. The summed E-state index contributed by atoms with van der Waals surface area (Å²) in [5, 5.41) is 16.0. The van der Waals surface area contributed by atoms with Gasteiger partial charge < -0.3 is 16.4 Å². The van der Waals surface area contributed by atoms with Crippen LogP contribution >= 0.6 is 0 Å². The lowest BCUT2D eigenvalue weighted by atomic mass is 10.1. The summed E-state index contributed by atoms with van der Waals surface area (Å²) >= 11 is 0. The third kappa shape index (κ3) is 4.07. The van der Waals surface area contributed by atoms with Crippen LogP contribution in [0.2, 0.25) is 0 Å². The first-order valence-corrected chi connectivity index (χ1v) is 7.05. The number of nitrogens with zero attached hydrogens (tertiary/aromatic N) is 1. The number of anilines is 2. The van der Waals surface area contributed by atoms with E-state index in [1.807, 2.05) is 0 Å². The van der Waals surface area contributed by atoms with E-state index in [4.69, 9.17) is 5.73 Å². The fourth-order valence-electron chi connectivity index (χ4n) is 2.03. The zero-order chi connectivity index (χ0) is 17.7. The maximum absolute atomic E-state index is 12.2. The Kier molecular flexibility index (Phi) is 5.10. The molecule has 0 atom stereocenters. The third-order valence-corrected chi connectivity index (χ3v) is 3.34. The second-order valence-electron chi connectivity index (χ2n) is 5.03. The summed E-state index contributed by atoms with van der Waals surface area (Å²) in [6, 6.07) is 10.6. The number of benzene rings is 2. The normalized spacial score (nSPS) is 10.0. The first-order valence-electron chi connectivity index (χ1n) is 7.05. The van der Waals surface area contributed by atoms with Crippen LogP contribution < -0.4 is 16.4 Å². The highest BCUT2D eigenvalue weighted by atomic mass is 16.6. The van der Waals surface area contributed by atoms with E-state index in [2.05, 4.69) is 10.6 Å². The molecule has 0 unspecified atom stereocenters. The topological polar surface area (TPSA) is 127 Å². The molecule has 2 aromatic rings. The Morgan fingerprint density at radius 1 is 1.17 bits per heavy atom. The maximum Gasteiger partial charge on any atom is 0.292 e. The lowest BCUT2D eigenvalue weighted by Gasteiger charge is -2.07. The summed E-state index contributed by atoms with van der Waals surface area (Å²) in [6.45, 7) is 0. The largest absolute Gasteiger partial charge is 0.393 e. The molecule has 8 nitrogen and oxygen atoms in total. The molecule has 2 amide bonds. The van der Waals surface area contributed by atoms with Gasteiger partial charge in [0.05, 0.1) is 11.3 Å². The van der Waals surface area contributed by atoms with Gasteiger partial charge in [0.1, 0.15) is 5.69 Å². The maximum atomic E-state index is 12.2. The molecule has 0 saturated carbocycles. The van der Waals surface area contributed by atoms with Crippen molar-refractivity contribution in [1.29, 1.82) is 0 Å². The molecule has 2 rings (SSSR count). The Labute approximate surface area is 137 Å². The number of hydrogen-bond acceptors (Lipinski definition) is 5. The SMILES string of the molecule is CNC(=O)Cc1ccc(NC(=O)c2ccc(N)c([N+](=O)[O-])c2)cc1. The minimum Gasteiger partial charge on any atom is -0.393 e. The van der Waals surface area contributed by atoms with Gasteiger partial charge in [-0.05, 0) is 29.8 Å². The summed E-state index contributed by atoms with van der Waals surface area (Å²) in [5.74, 6) is -0.599. The van der Waals surface area contributed by atoms with Gasteiger partial charge in [0.15, 0.2) is 0 Å². The van der Waals surface area contributed by atoms with Crippen LogP contribution in [-0.2, 0) is 11.2 Å².